The number of carbonyl (C=O) groups excluding carboxylic acids is 2. The Kier molecular flexibility index (Phi) is 7.18. The molecule has 1 aliphatic rings. The number of nitrogens with one attached hydrogen (secondary N) is 2. The topological polar surface area (TPSA) is 114 Å². The summed E-state index contributed by atoms with van der Waals surface area (Å²) in [6.07, 6.45) is 1.65. The second kappa shape index (κ2) is 9.36. The van der Waals surface area contributed by atoms with Crippen LogP contribution in [-0.4, -0.2) is 48.8 Å². The number of carboxylic acids is 1. The van der Waals surface area contributed by atoms with E-state index in [0.717, 1.165) is 11.3 Å². The molecule has 1 aromatic carbocycles. The molecule has 8 nitrogen and oxygen atoms in total. The number of hydrogen-bond acceptors (Lipinski definition) is 5. The molecule has 2 amide bonds. The fourth-order valence-electron chi connectivity index (χ4n) is 3.06. The van der Waals surface area contributed by atoms with Crippen molar-refractivity contribution in [1.29, 1.82) is 0 Å². The van der Waals surface area contributed by atoms with Crippen molar-refractivity contribution in [1.82, 2.24) is 5.32 Å². The SMILES string of the molecule is COCC(C)(CC(=O)O)NC(=O)CCCOc1ccc2c(c1)CCC(=O)N2. The van der Waals surface area contributed by atoms with Crippen molar-refractivity contribution in [3.05, 3.63) is 23.8 Å². The number of ether oxygens (including phenoxy) is 2. The molecule has 148 valence electrons. The van der Waals surface area contributed by atoms with Gasteiger partial charge in [0, 0.05) is 25.6 Å². The van der Waals surface area contributed by atoms with Crippen LogP contribution in [-0.2, 0) is 25.5 Å². The number of aryl methyl sites for hydroxylation is 1. The molecule has 1 atom stereocenters. The number of carbonyl (C=O) groups is 3. The third kappa shape index (κ3) is 6.56. The number of carboxylic acid groups (broad SMARTS) is 1. The Morgan fingerprint density at radius 1 is 1.33 bits per heavy atom. The van der Waals surface area contributed by atoms with E-state index in [4.69, 9.17) is 14.6 Å². The zero-order valence-corrected chi connectivity index (χ0v) is 15.7. The van der Waals surface area contributed by atoms with Gasteiger partial charge in [0.05, 0.1) is 25.2 Å². The summed E-state index contributed by atoms with van der Waals surface area (Å²) in [7, 11) is 1.46. The maximum atomic E-state index is 12.1. The van der Waals surface area contributed by atoms with Gasteiger partial charge in [0.15, 0.2) is 0 Å². The maximum Gasteiger partial charge on any atom is 0.305 e. The molecular formula is C19H26N2O6. The van der Waals surface area contributed by atoms with Crippen LogP contribution in [0.15, 0.2) is 18.2 Å². The molecule has 27 heavy (non-hydrogen) atoms. The van der Waals surface area contributed by atoms with Crippen molar-refractivity contribution in [3.63, 3.8) is 0 Å². The molecule has 1 heterocycles. The lowest BCUT2D eigenvalue weighted by atomic mass is 9.98. The lowest BCUT2D eigenvalue weighted by molar-refractivity contribution is -0.139. The van der Waals surface area contributed by atoms with Gasteiger partial charge in [-0.25, -0.2) is 0 Å². The first-order chi connectivity index (χ1) is 12.8. The van der Waals surface area contributed by atoms with Crippen LogP contribution in [0.5, 0.6) is 5.75 Å². The molecule has 8 heteroatoms. The molecule has 0 fully saturated rings. The molecule has 0 radical (unpaired) electrons. The molecule has 0 saturated carbocycles. The largest absolute Gasteiger partial charge is 0.494 e. The molecule has 0 spiro atoms. The van der Waals surface area contributed by atoms with E-state index in [-0.39, 0.29) is 31.3 Å². The van der Waals surface area contributed by atoms with Crippen LogP contribution in [0.3, 0.4) is 0 Å². The Morgan fingerprint density at radius 2 is 2.11 bits per heavy atom. The molecule has 1 unspecified atom stereocenters. The summed E-state index contributed by atoms with van der Waals surface area (Å²) < 4.78 is 10.7. The summed E-state index contributed by atoms with van der Waals surface area (Å²) in [6.45, 7) is 2.12. The summed E-state index contributed by atoms with van der Waals surface area (Å²) in [5.74, 6) is -0.528. The standard InChI is InChI=1S/C19H26N2O6/c1-19(12-26-2,11-18(24)25)21-17(23)4-3-9-27-14-6-7-15-13(10-14)5-8-16(22)20-15/h6-7,10H,3-5,8-9,11-12H2,1-2H3,(H,20,22)(H,21,23)(H,24,25). The summed E-state index contributed by atoms with van der Waals surface area (Å²) in [5.41, 5.74) is 0.907. The minimum atomic E-state index is -0.998. The first-order valence-corrected chi connectivity index (χ1v) is 8.89. The molecule has 1 aliphatic heterocycles. The smallest absolute Gasteiger partial charge is 0.305 e. The van der Waals surface area contributed by atoms with Gasteiger partial charge in [0.2, 0.25) is 11.8 Å². The monoisotopic (exact) mass is 378 g/mol. The van der Waals surface area contributed by atoms with Crippen LogP contribution in [0.25, 0.3) is 0 Å². The molecule has 0 bridgehead atoms. The number of anilines is 1. The summed E-state index contributed by atoms with van der Waals surface area (Å²) in [4.78, 5) is 34.4. The van der Waals surface area contributed by atoms with Crippen LogP contribution in [0.1, 0.15) is 38.2 Å². The van der Waals surface area contributed by atoms with E-state index in [1.165, 1.54) is 7.11 Å². The lowest BCUT2D eigenvalue weighted by Gasteiger charge is -2.28. The van der Waals surface area contributed by atoms with Crippen molar-refractivity contribution in [2.75, 3.05) is 25.6 Å². The van der Waals surface area contributed by atoms with Gasteiger partial charge in [0.25, 0.3) is 0 Å². The third-order valence-electron chi connectivity index (χ3n) is 4.23. The predicted octanol–water partition coefficient (Wildman–Crippen LogP) is 1.73. The van der Waals surface area contributed by atoms with Crippen LogP contribution >= 0.6 is 0 Å². The van der Waals surface area contributed by atoms with E-state index in [2.05, 4.69) is 10.6 Å². The Labute approximate surface area is 158 Å². The van der Waals surface area contributed by atoms with Crippen LogP contribution in [0.2, 0.25) is 0 Å². The fourth-order valence-corrected chi connectivity index (χ4v) is 3.06. The van der Waals surface area contributed by atoms with E-state index in [1.807, 2.05) is 12.1 Å². The minimum absolute atomic E-state index is 0.0190. The van der Waals surface area contributed by atoms with Gasteiger partial charge in [0.1, 0.15) is 5.75 Å². The van der Waals surface area contributed by atoms with Gasteiger partial charge in [-0.1, -0.05) is 0 Å². The number of fused-ring (bicyclic) bond motifs is 1. The average molecular weight is 378 g/mol. The van der Waals surface area contributed by atoms with Gasteiger partial charge in [-0.05, 0) is 43.5 Å². The highest BCUT2D eigenvalue weighted by molar-refractivity contribution is 5.94. The highest BCUT2D eigenvalue weighted by Crippen LogP contribution is 2.26. The van der Waals surface area contributed by atoms with E-state index >= 15 is 0 Å². The number of hydrogen-bond donors (Lipinski definition) is 3. The van der Waals surface area contributed by atoms with Crippen LogP contribution < -0.4 is 15.4 Å². The molecule has 1 aromatic rings. The van der Waals surface area contributed by atoms with Crippen molar-refractivity contribution >= 4 is 23.5 Å². The molecular weight excluding hydrogens is 352 g/mol. The second-order valence-corrected chi connectivity index (χ2v) is 6.93. The summed E-state index contributed by atoms with van der Waals surface area (Å²) >= 11 is 0. The molecule has 0 saturated heterocycles. The second-order valence-electron chi connectivity index (χ2n) is 6.93. The van der Waals surface area contributed by atoms with Crippen molar-refractivity contribution in [2.24, 2.45) is 0 Å². The van der Waals surface area contributed by atoms with Gasteiger partial charge < -0.3 is 25.2 Å². The zero-order chi connectivity index (χ0) is 19.9. The highest BCUT2D eigenvalue weighted by Gasteiger charge is 2.29. The van der Waals surface area contributed by atoms with Gasteiger partial charge in [-0.15, -0.1) is 0 Å². The lowest BCUT2D eigenvalue weighted by Crippen LogP contribution is -2.50. The number of benzene rings is 1. The fraction of sp³-hybridized carbons (Fsp3) is 0.526. The predicted molar refractivity (Wildman–Crippen MR) is 98.8 cm³/mol. The van der Waals surface area contributed by atoms with Gasteiger partial charge in [-0.3, -0.25) is 14.4 Å². The Bertz CT molecular complexity index is 705. The normalized spacial score (nSPS) is 15.3. The van der Waals surface area contributed by atoms with Crippen molar-refractivity contribution in [2.45, 2.75) is 44.6 Å². The van der Waals surface area contributed by atoms with Crippen molar-refractivity contribution in [3.8, 4) is 5.75 Å². The number of aliphatic carboxylic acids is 1. The Balaban J connectivity index is 1.76. The maximum absolute atomic E-state index is 12.1. The van der Waals surface area contributed by atoms with E-state index in [0.29, 0.717) is 31.6 Å². The molecule has 0 aliphatic carbocycles. The van der Waals surface area contributed by atoms with Gasteiger partial charge in [-0.2, -0.15) is 0 Å². The summed E-state index contributed by atoms with van der Waals surface area (Å²) in [5, 5.41) is 14.5. The number of rotatable bonds is 10. The van der Waals surface area contributed by atoms with Gasteiger partial charge >= 0.3 is 5.97 Å². The first-order valence-electron chi connectivity index (χ1n) is 8.89. The average Bonchev–Trinajstić information content (AvgIpc) is 2.58. The number of methoxy groups -OCH3 is 1. The number of amides is 2. The highest BCUT2D eigenvalue weighted by atomic mass is 16.5. The Morgan fingerprint density at radius 3 is 2.81 bits per heavy atom. The Hall–Kier alpha value is -2.61. The molecule has 2 rings (SSSR count). The van der Waals surface area contributed by atoms with Crippen LogP contribution in [0.4, 0.5) is 5.69 Å². The minimum Gasteiger partial charge on any atom is -0.494 e. The van der Waals surface area contributed by atoms with Crippen LogP contribution in [0, 0.1) is 0 Å². The zero-order valence-electron chi connectivity index (χ0n) is 15.7. The molecule has 0 aromatic heterocycles. The van der Waals surface area contributed by atoms with Crippen molar-refractivity contribution < 1.29 is 29.0 Å². The quantitative estimate of drug-likeness (QED) is 0.534. The molecule has 3 N–H and O–H groups in total. The third-order valence-corrected chi connectivity index (χ3v) is 4.23. The van der Waals surface area contributed by atoms with E-state index < -0.39 is 11.5 Å². The van der Waals surface area contributed by atoms with E-state index in [9.17, 15) is 14.4 Å². The first kappa shape index (κ1) is 20.7. The van der Waals surface area contributed by atoms with E-state index in [1.54, 1.807) is 13.0 Å². The summed E-state index contributed by atoms with van der Waals surface area (Å²) in [6, 6.07) is 5.50.